The number of nitrogens with one attached hydrogen (secondary N) is 1. The molecule has 1 N–H and O–H groups in total. The Bertz CT molecular complexity index is 379. The SMILES string of the molecule is CC(C)CCNC(=O)c1cccc(Br)c1Cl. The predicted octanol–water partition coefficient (Wildman–Crippen LogP) is 3.88. The Labute approximate surface area is 110 Å². The van der Waals surface area contributed by atoms with Gasteiger partial charge in [-0.25, -0.2) is 0 Å². The molecule has 1 amide bonds. The number of halogens is 2. The summed E-state index contributed by atoms with van der Waals surface area (Å²) in [6, 6.07) is 5.33. The van der Waals surface area contributed by atoms with E-state index < -0.39 is 0 Å². The highest BCUT2D eigenvalue weighted by Gasteiger charge is 2.11. The van der Waals surface area contributed by atoms with Crippen LogP contribution in [-0.4, -0.2) is 12.5 Å². The van der Waals surface area contributed by atoms with E-state index in [-0.39, 0.29) is 5.91 Å². The van der Waals surface area contributed by atoms with Crippen molar-refractivity contribution in [3.8, 4) is 0 Å². The lowest BCUT2D eigenvalue weighted by molar-refractivity contribution is 0.0952. The Morgan fingerprint density at radius 2 is 2.19 bits per heavy atom. The summed E-state index contributed by atoms with van der Waals surface area (Å²) in [4.78, 5) is 11.8. The lowest BCUT2D eigenvalue weighted by Crippen LogP contribution is -2.25. The number of amides is 1. The van der Waals surface area contributed by atoms with Gasteiger partial charge in [-0.05, 0) is 40.4 Å². The van der Waals surface area contributed by atoms with E-state index in [0.717, 1.165) is 10.9 Å². The van der Waals surface area contributed by atoms with Gasteiger partial charge < -0.3 is 5.32 Å². The van der Waals surface area contributed by atoms with E-state index in [2.05, 4.69) is 35.1 Å². The van der Waals surface area contributed by atoms with Gasteiger partial charge in [0, 0.05) is 11.0 Å². The van der Waals surface area contributed by atoms with Crippen LogP contribution < -0.4 is 5.32 Å². The van der Waals surface area contributed by atoms with Crippen molar-refractivity contribution >= 4 is 33.4 Å². The van der Waals surface area contributed by atoms with Gasteiger partial charge in [-0.3, -0.25) is 4.79 Å². The molecule has 1 aromatic rings. The van der Waals surface area contributed by atoms with Crippen molar-refractivity contribution in [1.29, 1.82) is 0 Å². The van der Waals surface area contributed by atoms with Gasteiger partial charge in [0.15, 0.2) is 0 Å². The number of hydrogen-bond donors (Lipinski definition) is 1. The highest BCUT2D eigenvalue weighted by molar-refractivity contribution is 9.10. The fraction of sp³-hybridized carbons (Fsp3) is 0.417. The van der Waals surface area contributed by atoms with Gasteiger partial charge in [-0.2, -0.15) is 0 Å². The van der Waals surface area contributed by atoms with Crippen molar-refractivity contribution < 1.29 is 4.79 Å². The smallest absolute Gasteiger partial charge is 0.252 e. The molecule has 88 valence electrons. The van der Waals surface area contributed by atoms with Crippen molar-refractivity contribution in [2.75, 3.05) is 6.54 Å². The molecule has 0 unspecified atom stereocenters. The second kappa shape index (κ2) is 6.26. The van der Waals surface area contributed by atoms with Crippen LogP contribution in [0.1, 0.15) is 30.6 Å². The molecule has 0 aliphatic carbocycles. The van der Waals surface area contributed by atoms with Gasteiger partial charge in [-0.15, -0.1) is 0 Å². The highest BCUT2D eigenvalue weighted by atomic mass is 79.9. The van der Waals surface area contributed by atoms with Crippen molar-refractivity contribution in [3.05, 3.63) is 33.3 Å². The standard InChI is InChI=1S/C12H15BrClNO/c1-8(2)6-7-15-12(16)9-4-3-5-10(13)11(9)14/h3-5,8H,6-7H2,1-2H3,(H,15,16). The van der Waals surface area contributed by atoms with Gasteiger partial charge in [0.05, 0.1) is 10.6 Å². The summed E-state index contributed by atoms with van der Waals surface area (Å²) in [5.74, 6) is 0.463. The van der Waals surface area contributed by atoms with Crippen LogP contribution in [0.2, 0.25) is 5.02 Å². The average Bonchev–Trinajstić information content (AvgIpc) is 2.21. The normalized spacial score (nSPS) is 10.6. The zero-order valence-electron chi connectivity index (χ0n) is 9.39. The molecule has 4 heteroatoms. The van der Waals surface area contributed by atoms with E-state index in [1.807, 2.05) is 6.07 Å². The lowest BCUT2D eigenvalue weighted by Gasteiger charge is -2.08. The molecule has 0 fully saturated rings. The summed E-state index contributed by atoms with van der Waals surface area (Å²) in [7, 11) is 0. The minimum atomic E-state index is -0.119. The summed E-state index contributed by atoms with van der Waals surface area (Å²) in [5.41, 5.74) is 0.514. The van der Waals surface area contributed by atoms with Crippen LogP contribution in [0.25, 0.3) is 0 Å². The molecule has 2 nitrogen and oxygen atoms in total. The molecule has 16 heavy (non-hydrogen) atoms. The Hall–Kier alpha value is -0.540. The monoisotopic (exact) mass is 303 g/mol. The first-order valence-corrected chi connectivity index (χ1v) is 6.41. The molecule has 0 atom stereocenters. The van der Waals surface area contributed by atoms with Gasteiger partial charge in [0.1, 0.15) is 0 Å². The maximum Gasteiger partial charge on any atom is 0.252 e. The van der Waals surface area contributed by atoms with E-state index in [4.69, 9.17) is 11.6 Å². The first-order chi connectivity index (χ1) is 7.52. The second-order valence-corrected chi connectivity index (χ2v) is 5.27. The van der Waals surface area contributed by atoms with Crippen molar-refractivity contribution in [2.45, 2.75) is 20.3 Å². The van der Waals surface area contributed by atoms with Gasteiger partial charge >= 0.3 is 0 Å². The number of rotatable bonds is 4. The van der Waals surface area contributed by atoms with Gasteiger partial charge in [0.25, 0.3) is 5.91 Å². The van der Waals surface area contributed by atoms with Gasteiger partial charge in [-0.1, -0.05) is 31.5 Å². The topological polar surface area (TPSA) is 29.1 Å². The predicted molar refractivity (Wildman–Crippen MR) is 70.9 cm³/mol. The molecule has 0 bridgehead atoms. The Morgan fingerprint density at radius 3 is 2.81 bits per heavy atom. The average molecular weight is 305 g/mol. The quantitative estimate of drug-likeness (QED) is 0.898. The number of benzene rings is 1. The minimum absolute atomic E-state index is 0.119. The van der Waals surface area contributed by atoms with Crippen LogP contribution in [0.4, 0.5) is 0 Å². The Kier molecular flexibility index (Phi) is 5.29. The fourth-order valence-electron chi connectivity index (χ4n) is 1.25. The third-order valence-electron chi connectivity index (χ3n) is 2.20. The summed E-state index contributed by atoms with van der Waals surface area (Å²) >= 11 is 9.32. The van der Waals surface area contributed by atoms with E-state index >= 15 is 0 Å². The number of hydrogen-bond acceptors (Lipinski definition) is 1. The molecule has 0 saturated heterocycles. The molecule has 0 aromatic heterocycles. The molecule has 0 radical (unpaired) electrons. The molecule has 0 saturated carbocycles. The van der Waals surface area contributed by atoms with Crippen molar-refractivity contribution in [1.82, 2.24) is 5.32 Å². The van der Waals surface area contributed by atoms with E-state index in [0.29, 0.717) is 23.0 Å². The second-order valence-electron chi connectivity index (χ2n) is 4.04. The van der Waals surface area contributed by atoms with E-state index in [9.17, 15) is 4.79 Å². The molecule has 1 aromatic carbocycles. The van der Waals surface area contributed by atoms with Crippen LogP contribution in [-0.2, 0) is 0 Å². The first-order valence-electron chi connectivity index (χ1n) is 5.24. The minimum Gasteiger partial charge on any atom is -0.352 e. The summed E-state index contributed by atoms with van der Waals surface area (Å²) in [6.45, 7) is 4.93. The lowest BCUT2D eigenvalue weighted by atomic mass is 10.1. The van der Waals surface area contributed by atoms with E-state index in [1.165, 1.54) is 0 Å². The molecule has 0 aliphatic heterocycles. The maximum atomic E-state index is 11.8. The first kappa shape index (κ1) is 13.5. The maximum absolute atomic E-state index is 11.8. The molecular formula is C12H15BrClNO. The van der Waals surface area contributed by atoms with E-state index in [1.54, 1.807) is 12.1 Å². The van der Waals surface area contributed by atoms with Crippen LogP contribution in [0, 0.1) is 5.92 Å². The molecule has 0 heterocycles. The Morgan fingerprint density at radius 1 is 1.50 bits per heavy atom. The number of carbonyl (C=O) groups excluding carboxylic acids is 1. The molecule has 0 spiro atoms. The zero-order chi connectivity index (χ0) is 12.1. The van der Waals surface area contributed by atoms with Crippen LogP contribution in [0.5, 0.6) is 0 Å². The van der Waals surface area contributed by atoms with Crippen molar-refractivity contribution in [3.63, 3.8) is 0 Å². The Balaban J connectivity index is 2.63. The number of carbonyl (C=O) groups is 1. The zero-order valence-corrected chi connectivity index (χ0v) is 11.7. The van der Waals surface area contributed by atoms with Crippen LogP contribution in [0.15, 0.2) is 22.7 Å². The molecular weight excluding hydrogens is 289 g/mol. The molecule has 1 rings (SSSR count). The van der Waals surface area contributed by atoms with Crippen LogP contribution >= 0.6 is 27.5 Å². The van der Waals surface area contributed by atoms with Gasteiger partial charge in [0.2, 0.25) is 0 Å². The fourth-order valence-corrected chi connectivity index (χ4v) is 1.83. The highest BCUT2D eigenvalue weighted by Crippen LogP contribution is 2.25. The third kappa shape index (κ3) is 3.80. The largest absolute Gasteiger partial charge is 0.352 e. The third-order valence-corrected chi connectivity index (χ3v) is 3.50. The summed E-state index contributed by atoms with van der Waals surface area (Å²) in [6.07, 6.45) is 0.970. The van der Waals surface area contributed by atoms with Crippen molar-refractivity contribution in [2.24, 2.45) is 5.92 Å². The summed E-state index contributed by atoms with van der Waals surface area (Å²) < 4.78 is 0.741. The van der Waals surface area contributed by atoms with Crippen LogP contribution in [0.3, 0.4) is 0 Å². The molecule has 0 aliphatic rings. The summed E-state index contributed by atoms with van der Waals surface area (Å²) in [5, 5.41) is 3.32.